The van der Waals surface area contributed by atoms with Crippen molar-refractivity contribution in [3.05, 3.63) is 27.5 Å². The summed E-state index contributed by atoms with van der Waals surface area (Å²) in [6, 6.07) is 0.804. The highest BCUT2D eigenvalue weighted by molar-refractivity contribution is 7.89. The molecule has 0 aromatic heterocycles. The van der Waals surface area contributed by atoms with Crippen molar-refractivity contribution >= 4 is 39.1 Å². The van der Waals surface area contributed by atoms with Gasteiger partial charge in [0.1, 0.15) is 10.7 Å². The first-order chi connectivity index (χ1) is 9.46. The molecule has 0 atom stereocenters. The van der Waals surface area contributed by atoms with Crippen molar-refractivity contribution in [1.82, 2.24) is 4.90 Å². The minimum absolute atomic E-state index is 0.174. The van der Waals surface area contributed by atoms with Gasteiger partial charge in [-0.05, 0) is 12.0 Å². The smallest absolute Gasteiger partial charge is 0.255 e. The molecule has 21 heavy (non-hydrogen) atoms. The lowest BCUT2D eigenvalue weighted by molar-refractivity contribution is 0.0778. The quantitative estimate of drug-likeness (QED) is 0.841. The molecule has 0 radical (unpaired) electrons. The highest BCUT2D eigenvalue weighted by Gasteiger charge is 2.27. The summed E-state index contributed by atoms with van der Waals surface area (Å²) in [6.45, 7) is 4.18. The van der Waals surface area contributed by atoms with E-state index in [0.717, 1.165) is 6.07 Å². The fourth-order valence-corrected chi connectivity index (χ4v) is 3.60. The zero-order valence-corrected chi connectivity index (χ0v) is 14.0. The Morgan fingerprint density at radius 2 is 1.90 bits per heavy atom. The summed E-state index contributed by atoms with van der Waals surface area (Å²) in [6.07, 6.45) is 0. The molecule has 0 saturated carbocycles. The van der Waals surface area contributed by atoms with Gasteiger partial charge in [-0.25, -0.2) is 17.9 Å². The molecule has 0 aliphatic rings. The second-order valence-electron chi connectivity index (χ2n) is 4.99. The maximum absolute atomic E-state index is 13.8. The SMILES string of the molecule is CC(C)CN(C)C(=O)c1cc(F)c(Cl)c(S(N)(=O)=O)c1Cl. The van der Waals surface area contributed by atoms with Crippen LogP contribution < -0.4 is 5.14 Å². The molecule has 0 aliphatic carbocycles. The van der Waals surface area contributed by atoms with Crippen LogP contribution in [0.3, 0.4) is 0 Å². The second-order valence-corrected chi connectivity index (χ2v) is 7.24. The Morgan fingerprint density at radius 1 is 1.38 bits per heavy atom. The Hall–Kier alpha value is -0.890. The summed E-state index contributed by atoms with van der Waals surface area (Å²) in [5, 5.41) is 3.75. The van der Waals surface area contributed by atoms with Gasteiger partial charge < -0.3 is 4.90 Å². The number of hydrogen-bond acceptors (Lipinski definition) is 3. The minimum Gasteiger partial charge on any atom is -0.341 e. The summed E-state index contributed by atoms with van der Waals surface area (Å²) >= 11 is 11.5. The third-order valence-electron chi connectivity index (χ3n) is 2.62. The number of amides is 1. The fraction of sp³-hybridized carbons (Fsp3) is 0.417. The maximum atomic E-state index is 13.8. The molecule has 0 fully saturated rings. The van der Waals surface area contributed by atoms with Gasteiger partial charge in [-0.3, -0.25) is 4.79 Å². The maximum Gasteiger partial charge on any atom is 0.255 e. The number of rotatable bonds is 4. The number of nitrogens with zero attached hydrogens (tertiary/aromatic N) is 1. The van der Waals surface area contributed by atoms with Crippen LogP contribution in [0.4, 0.5) is 4.39 Å². The second kappa shape index (κ2) is 6.48. The highest BCUT2D eigenvalue weighted by atomic mass is 35.5. The molecule has 9 heteroatoms. The van der Waals surface area contributed by atoms with Gasteiger partial charge in [-0.1, -0.05) is 37.0 Å². The van der Waals surface area contributed by atoms with Crippen molar-refractivity contribution in [1.29, 1.82) is 0 Å². The summed E-state index contributed by atoms with van der Waals surface area (Å²) in [5.74, 6) is -1.52. The van der Waals surface area contributed by atoms with Crippen LogP contribution in [0, 0.1) is 11.7 Å². The Morgan fingerprint density at radius 3 is 2.33 bits per heavy atom. The first-order valence-corrected chi connectivity index (χ1v) is 8.22. The van der Waals surface area contributed by atoms with E-state index in [4.69, 9.17) is 28.3 Å². The van der Waals surface area contributed by atoms with Crippen LogP contribution in [0.15, 0.2) is 11.0 Å². The number of carbonyl (C=O) groups is 1. The van der Waals surface area contributed by atoms with Gasteiger partial charge in [0.2, 0.25) is 10.0 Å². The van der Waals surface area contributed by atoms with Gasteiger partial charge in [0.25, 0.3) is 5.91 Å². The summed E-state index contributed by atoms with van der Waals surface area (Å²) < 4.78 is 36.7. The lowest BCUT2D eigenvalue weighted by Crippen LogP contribution is -2.31. The van der Waals surface area contributed by atoms with Gasteiger partial charge in [0.15, 0.2) is 0 Å². The number of carbonyl (C=O) groups excluding carboxylic acids is 1. The van der Waals surface area contributed by atoms with E-state index in [9.17, 15) is 17.6 Å². The van der Waals surface area contributed by atoms with E-state index < -0.39 is 36.7 Å². The Labute approximate surface area is 132 Å². The molecule has 1 rings (SSSR count). The van der Waals surface area contributed by atoms with Crippen molar-refractivity contribution in [2.24, 2.45) is 11.1 Å². The Kier molecular flexibility index (Phi) is 5.60. The molecule has 0 heterocycles. The number of halogens is 3. The molecule has 1 aromatic rings. The Bertz CT molecular complexity index is 678. The third-order valence-corrected chi connectivity index (χ3v) is 4.58. The number of benzene rings is 1. The zero-order chi connectivity index (χ0) is 16.5. The zero-order valence-electron chi connectivity index (χ0n) is 11.7. The minimum atomic E-state index is -4.37. The molecule has 0 spiro atoms. The standard InChI is InChI=1S/C12H15Cl2FN2O3S/c1-6(2)5-17(3)12(18)7-4-8(15)10(14)11(9(7)13)21(16,19)20/h4,6H,5H2,1-3H3,(H2,16,19,20). The molecule has 1 amide bonds. The van der Waals surface area contributed by atoms with Gasteiger partial charge in [0, 0.05) is 13.6 Å². The molecule has 1 aromatic carbocycles. The van der Waals surface area contributed by atoms with Gasteiger partial charge in [-0.2, -0.15) is 0 Å². The average Bonchev–Trinajstić information content (AvgIpc) is 2.30. The molecule has 2 N–H and O–H groups in total. The van der Waals surface area contributed by atoms with Gasteiger partial charge in [0.05, 0.1) is 15.6 Å². The number of sulfonamides is 1. The monoisotopic (exact) mass is 356 g/mol. The van der Waals surface area contributed by atoms with Crippen LogP contribution in [0.2, 0.25) is 10.0 Å². The third kappa shape index (κ3) is 4.06. The number of hydrogen-bond donors (Lipinski definition) is 1. The molecular weight excluding hydrogens is 342 g/mol. The molecule has 118 valence electrons. The molecule has 0 unspecified atom stereocenters. The van der Waals surface area contributed by atoms with E-state index in [0.29, 0.717) is 6.54 Å². The normalized spacial score (nSPS) is 11.8. The molecule has 0 bridgehead atoms. The van der Waals surface area contributed by atoms with Crippen LogP contribution in [0.25, 0.3) is 0 Å². The predicted molar refractivity (Wildman–Crippen MR) is 79.6 cm³/mol. The van der Waals surface area contributed by atoms with Crippen LogP contribution in [0.5, 0.6) is 0 Å². The molecule has 0 aliphatic heterocycles. The van der Waals surface area contributed by atoms with E-state index in [1.54, 1.807) is 0 Å². The van der Waals surface area contributed by atoms with Crippen LogP contribution >= 0.6 is 23.2 Å². The van der Waals surface area contributed by atoms with E-state index in [2.05, 4.69) is 0 Å². The topological polar surface area (TPSA) is 80.5 Å². The van der Waals surface area contributed by atoms with Crippen molar-refractivity contribution in [3.8, 4) is 0 Å². The van der Waals surface area contributed by atoms with Gasteiger partial charge in [-0.15, -0.1) is 0 Å². The summed E-state index contributed by atoms with van der Waals surface area (Å²) in [5.41, 5.74) is -0.300. The van der Waals surface area contributed by atoms with E-state index >= 15 is 0 Å². The van der Waals surface area contributed by atoms with E-state index in [-0.39, 0.29) is 11.5 Å². The molecule has 0 saturated heterocycles. The van der Waals surface area contributed by atoms with Crippen LogP contribution in [-0.4, -0.2) is 32.8 Å². The van der Waals surface area contributed by atoms with Gasteiger partial charge >= 0.3 is 0 Å². The predicted octanol–water partition coefficient (Wildman–Crippen LogP) is 2.51. The number of nitrogens with two attached hydrogens (primary N) is 1. The summed E-state index contributed by atoms with van der Waals surface area (Å²) in [4.78, 5) is 12.8. The van der Waals surface area contributed by atoms with E-state index in [1.807, 2.05) is 13.8 Å². The van der Waals surface area contributed by atoms with Crippen LogP contribution in [-0.2, 0) is 10.0 Å². The lowest BCUT2D eigenvalue weighted by atomic mass is 10.1. The highest BCUT2D eigenvalue weighted by Crippen LogP contribution is 2.34. The number of primary sulfonamides is 1. The molecular formula is C12H15Cl2FN2O3S. The fourth-order valence-electron chi connectivity index (χ4n) is 1.82. The lowest BCUT2D eigenvalue weighted by Gasteiger charge is -2.21. The molecule has 5 nitrogen and oxygen atoms in total. The largest absolute Gasteiger partial charge is 0.341 e. The first kappa shape index (κ1) is 18.2. The van der Waals surface area contributed by atoms with Crippen molar-refractivity contribution < 1.29 is 17.6 Å². The average molecular weight is 357 g/mol. The van der Waals surface area contributed by atoms with Crippen molar-refractivity contribution in [2.75, 3.05) is 13.6 Å². The first-order valence-electron chi connectivity index (χ1n) is 5.92. The van der Waals surface area contributed by atoms with Crippen molar-refractivity contribution in [3.63, 3.8) is 0 Å². The Balaban J connectivity index is 3.46. The summed E-state index contributed by atoms with van der Waals surface area (Å²) in [7, 11) is -2.86. The van der Waals surface area contributed by atoms with Crippen molar-refractivity contribution in [2.45, 2.75) is 18.7 Å². The van der Waals surface area contributed by atoms with Crippen LogP contribution in [0.1, 0.15) is 24.2 Å². The van der Waals surface area contributed by atoms with E-state index in [1.165, 1.54) is 11.9 Å².